The van der Waals surface area contributed by atoms with E-state index in [4.69, 9.17) is 5.41 Å². The van der Waals surface area contributed by atoms with Crippen molar-refractivity contribution in [3.63, 3.8) is 0 Å². The second-order valence-corrected chi connectivity index (χ2v) is 4.08. The standard InChI is InChI=1S/C10H15NO5S2/c11-7(15-9(13)3-5-17)1-2-8(12)16-10(14)4-6-18/h11,17-18H,1-6H2. The summed E-state index contributed by atoms with van der Waals surface area (Å²) in [5.74, 6) is -1.70. The maximum absolute atomic E-state index is 11.1. The van der Waals surface area contributed by atoms with E-state index < -0.39 is 17.9 Å². The van der Waals surface area contributed by atoms with Gasteiger partial charge in [-0.25, -0.2) is 0 Å². The van der Waals surface area contributed by atoms with Gasteiger partial charge in [0.05, 0.1) is 19.3 Å². The molecule has 0 fully saturated rings. The monoisotopic (exact) mass is 293 g/mol. The van der Waals surface area contributed by atoms with Crippen LogP contribution in [0.25, 0.3) is 0 Å². The number of esters is 3. The molecule has 0 aliphatic heterocycles. The summed E-state index contributed by atoms with van der Waals surface area (Å²) in [6.07, 6.45) is -0.143. The Kier molecular flexibility index (Phi) is 9.39. The van der Waals surface area contributed by atoms with Gasteiger partial charge in [-0.1, -0.05) is 0 Å². The van der Waals surface area contributed by atoms with Gasteiger partial charge in [-0.05, 0) is 0 Å². The van der Waals surface area contributed by atoms with Crippen molar-refractivity contribution in [3.05, 3.63) is 0 Å². The number of carbonyl (C=O) groups excluding carboxylic acids is 3. The molecule has 0 aliphatic rings. The molecule has 0 unspecified atom stereocenters. The van der Waals surface area contributed by atoms with E-state index >= 15 is 0 Å². The van der Waals surface area contributed by atoms with Gasteiger partial charge in [0.2, 0.25) is 0 Å². The Morgan fingerprint density at radius 3 is 1.72 bits per heavy atom. The third-order valence-corrected chi connectivity index (χ3v) is 2.10. The number of ether oxygens (including phenoxy) is 2. The average Bonchev–Trinajstić information content (AvgIpc) is 2.27. The highest BCUT2D eigenvalue weighted by molar-refractivity contribution is 7.80. The molecule has 0 rings (SSSR count). The molecule has 0 bridgehead atoms. The van der Waals surface area contributed by atoms with Gasteiger partial charge in [0, 0.05) is 17.9 Å². The Labute approximate surface area is 116 Å². The summed E-state index contributed by atoms with van der Waals surface area (Å²) in [6.45, 7) is 0. The van der Waals surface area contributed by atoms with Gasteiger partial charge in [-0.15, -0.1) is 0 Å². The minimum absolute atomic E-state index is 0.0449. The minimum Gasteiger partial charge on any atom is -0.412 e. The maximum Gasteiger partial charge on any atom is 0.314 e. The van der Waals surface area contributed by atoms with E-state index in [-0.39, 0.29) is 31.6 Å². The molecule has 0 spiro atoms. The van der Waals surface area contributed by atoms with E-state index in [2.05, 4.69) is 34.7 Å². The van der Waals surface area contributed by atoms with Gasteiger partial charge in [0.1, 0.15) is 0 Å². The van der Waals surface area contributed by atoms with Crippen LogP contribution in [-0.2, 0) is 23.9 Å². The zero-order chi connectivity index (χ0) is 14.0. The van der Waals surface area contributed by atoms with E-state index in [1.165, 1.54) is 0 Å². The normalized spacial score (nSPS) is 9.67. The molecule has 0 saturated carbocycles. The fourth-order valence-electron chi connectivity index (χ4n) is 0.867. The van der Waals surface area contributed by atoms with Crippen LogP contribution in [0.4, 0.5) is 0 Å². The Hall–Kier alpha value is -1.02. The van der Waals surface area contributed by atoms with Crippen molar-refractivity contribution in [2.75, 3.05) is 11.5 Å². The van der Waals surface area contributed by atoms with Crippen molar-refractivity contribution in [3.8, 4) is 0 Å². The number of thiol groups is 2. The first kappa shape index (κ1) is 17.0. The third kappa shape index (κ3) is 9.06. The molecular weight excluding hydrogens is 278 g/mol. The van der Waals surface area contributed by atoms with Crippen LogP contribution in [0, 0.1) is 5.41 Å². The lowest BCUT2D eigenvalue weighted by Crippen LogP contribution is -2.16. The summed E-state index contributed by atoms with van der Waals surface area (Å²) in [4.78, 5) is 33.0. The molecule has 8 heteroatoms. The van der Waals surface area contributed by atoms with Crippen molar-refractivity contribution in [2.24, 2.45) is 0 Å². The first-order valence-electron chi connectivity index (χ1n) is 5.23. The molecule has 1 N–H and O–H groups in total. The summed E-state index contributed by atoms with van der Waals surface area (Å²) >= 11 is 7.65. The van der Waals surface area contributed by atoms with E-state index in [9.17, 15) is 14.4 Å². The van der Waals surface area contributed by atoms with Gasteiger partial charge < -0.3 is 9.47 Å². The molecule has 102 valence electrons. The Morgan fingerprint density at radius 2 is 1.22 bits per heavy atom. The van der Waals surface area contributed by atoms with E-state index in [1.807, 2.05) is 0 Å². The summed E-state index contributed by atoms with van der Waals surface area (Å²) < 4.78 is 9.00. The number of nitrogens with one attached hydrogen (secondary N) is 1. The summed E-state index contributed by atoms with van der Waals surface area (Å²) in [5.41, 5.74) is 0. The predicted molar refractivity (Wildman–Crippen MR) is 71.1 cm³/mol. The second kappa shape index (κ2) is 9.95. The highest BCUT2D eigenvalue weighted by Crippen LogP contribution is 2.00. The zero-order valence-corrected chi connectivity index (χ0v) is 11.5. The molecule has 0 aromatic carbocycles. The van der Waals surface area contributed by atoms with Crippen molar-refractivity contribution >= 4 is 49.1 Å². The van der Waals surface area contributed by atoms with Crippen LogP contribution in [0.5, 0.6) is 0 Å². The lowest BCUT2D eigenvalue weighted by Gasteiger charge is -2.04. The fraction of sp³-hybridized carbons (Fsp3) is 0.600. The van der Waals surface area contributed by atoms with E-state index in [0.717, 1.165) is 0 Å². The third-order valence-electron chi connectivity index (χ3n) is 1.65. The van der Waals surface area contributed by atoms with Crippen molar-refractivity contribution in [1.29, 1.82) is 5.41 Å². The van der Waals surface area contributed by atoms with Gasteiger partial charge in [0.25, 0.3) is 0 Å². The number of hydrogen-bond donors (Lipinski definition) is 3. The fourth-order valence-corrected chi connectivity index (χ4v) is 1.23. The van der Waals surface area contributed by atoms with Crippen molar-refractivity contribution < 1.29 is 23.9 Å². The quantitative estimate of drug-likeness (QED) is 0.214. The van der Waals surface area contributed by atoms with E-state index in [0.29, 0.717) is 11.5 Å². The van der Waals surface area contributed by atoms with Gasteiger partial charge >= 0.3 is 17.9 Å². The lowest BCUT2D eigenvalue weighted by atomic mass is 10.3. The highest BCUT2D eigenvalue weighted by atomic mass is 32.1. The lowest BCUT2D eigenvalue weighted by molar-refractivity contribution is -0.159. The Morgan fingerprint density at radius 1 is 0.778 bits per heavy atom. The van der Waals surface area contributed by atoms with Crippen LogP contribution in [-0.4, -0.2) is 35.3 Å². The summed E-state index contributed by atoms with van der Waals surface area (Å²) in [5, 5.41) is 7.28. The highest BCUT2D eigenvalue weighted by Gasteiger charge is 2.12. The van der Waals surface area contributed by atoms with Crippen LogP contribution < -0.4 is 0 Å². The van der Waals surface area contributed by atoms with Crippen LogP contribution in [0.1, 0.15) is 25.7 Å². The molecule has 0 atom stereocenters. The molecule has 0 aromatic heterocycles. The van der Waals surface area contributed by atoms with Crippen molar-refractivity contribution in [2.45, 2.75) is 25.7 Å². The Bertz CT molecular complexity index is 300. The molecule has 0 aliphatic carbocycles. The smallest absolute Gasteiger partial charge is 0.314 e. The largest absolute Gasteiger partial charge is 0.412 e. The predicted octanol–water partition coefficient (Wildman–Crippen LogP) is 0.997. The molecule has 0 radical (unpaired) electrons. The molecule has 0 heterocycles. The number of rotatable bonds is 7. The van der Waals surface area contributed by atoms with Gasteiger partial charge in [0.15, 0.2) is 5.90 Å². The van der Waals surface area contributed by atoms with Gasteiger partial charge in [-0.2, -0.15) is 25.3 Å². The molecule has 0 aromatic rings. The molecule has 18 heavy (non-hydrogen) atoms. The minimum atomic E-state index is -0.753. The van der Waals surface area contributed by atoms with Crippen LogP contribution >= 0.6 is 25.3 Å². The van der Waals surface area contributed by atoms with Gasteiger partial charge in [-0.3, -0.25) is 19.8 Å². The van der Waals surface area contributed by atoms with Crippen molar-refractivity contribution in [1.82, 2.24) is 0 Å². The number of hydrogen-bond acceptors (Lipinski definition) is 8. The number of carbonyl (C=O) groups is 3. The van der Waals surface area contributed by atoms with Crippen LogP contribution in [0.15, 0.2) is 0 Å². The molecule has 0 amide bonds. The van der Waals surface area contributed by atoms with Crippen LogP contribution in [0.3, 0.4) is 0 Å². The topological polar surface area (TPSA) is 93.5 Å². The Balaban J connectivity index is 3.81. The van der Waals surface area contributed by atoms with E-state index in [1.54, 1.807) is 0 Å². The average molecular weight is 293 g/mol. The first-order valence-corrected chi connectivity index (χ1v) is 6.49. The molecular formula is C10H15NO5S2. The van der Waals surface area contributed by atoms with Crippen LogP contribution in [0.2, 0.25) is 0 Å². The molecule has 6 nitrogen and oxygen atoms in total. The maximum atomic E-state index is 11.1. The SMILES string of the molecule is N=C(CCC(=O)OC(=O)CCS)OC(=O)CCS. The second-order valence-electron chi connectivity index (χ2n) is 3.19. The molecule has 0 saturated heterocycles. The summed E-state index contributed by atoms with van der Waals surface area (Å²) in [7, 11) is 0. The summed E-state index contributed by atoms with van der Waals surface area (Å²) in [6, 6.07) is 0. The first-order chi connectivity index (χ1) is 8.49. The zero-order valence-electron chi connectivity index (χ0n) is 9.68.